The summed E-state index contributed by atoms with van der Waals surface area (Å²) in [6.07, 6.45) is 0.902. The van der Waals surface area contributed by atoms with Crippen LogP contribution in [0.3, 0.4) is 0 Å². The first-order valence-electron chi connectivity index (χ1n) is 6.28. The summed E-state index contributed by atoms with van der Waals surface area (Å²) in [5.74, 6) is 0. The molecule has 18 heavy (non-hydrogen) atoms. The topological polar surface area (TPSA) is 29.1 Å². The van der Waals surface area contributed by atoms with Gasteiger partial charge in [0.2, 0.25) is 0 Å². The Balaban J connectivity index is 2.37. The molecule has 0 aromatic heterocycles. The molecule has 2 heteroatoms. The number of carbonyl (C=O) groups excluding carboxylic acids is 1. The van der Waals surface area contributed by atoms with E-state index >= 15 is 0 Å². The SMILES string of the molecule is CC(C)(CNCC=O)c1cccc2ccccc12. The van der Waals surface area contributed by atoms with Crippen molar-refractivity contribution in [3.8, 4) is 0 Å². The molecule has 2 aromatic rings. The highest BCUT2D eigenvalue weighted by Crippen LogP contribution is 2.29. The molecule has 2 nitrogen and oxygen atoms in total. The van der Waals surface area contributed by atoms with Gasteiger partial charge in [0.05, 0.1) is 6.54 Å². The molecule has 0 saturated heterocycles. The zero-order valence-electron chi connectivity index (χ0n) is 10.9. The third-order valence-corrected chi connectivity index (χ3v) is 3.31. The predicted octanol–water partition coefficient (Wildman–Crippen LogP) is 2.91. The minimum atomic E-state index is 0.00384. The Bertz CT molecular complexity index is 540. The number of hydrogen-bond donors (Lipinski definition) is 1. The van der Waals surface area contributed by atoms with Crippen LogP contribution in [0.5, 0.6) is 0 Å². The highest BCUT2D eigenvalue weighted by atomic mass is 16.1. The van der Waals surface area contributed by atoms with Crippen LogP contribution in [0.1, 0.15) is 19.4 Å². The standard InChI is InChI=1S/C16H19NO/c1-16(2,12-17-10-11-18)15-9-5-7-13-6-3-4-8-14(13)15/h3-9,11,17H,10,12H2,1-2H3. The van der Waals surface area contributed by atoms with E-state index in [-0.39, 0.29) is 5.41 Å². The maximum atomic E-state index is 10.4. The summed E-state index contributed by atoms with van der Waals surface area (Å²) >= 11 is 0. The number of rotatable bonds is 5. The molecule has 0 radical (unpaired) electrons. The van der Waals surface area contributed by atoms with Crippen molar-refractivity contribution in [2.24, 2.45) is 0 Å². The van der Waals surface area contributed by atoms with E-state index in [9.17, 15) is 4.79 Å². The van der Waals surface area contributed by atoms with Crippen LogP contribution in [0.4, 0.5) is 0 Å². The minimum Gasteiger partial charge on any atom is -0.309 e. The fraction of sp³-hybridized carbons (Fsp3) is 0.312. The molecular formula is C16H19NO. The monoisotopic (exact) mass is 241 g/mol. The zero-order chi connectivity index (χ0) is 13.0. The van der Waals surface area contributed by atoms with E-state index < -0.39 is 0 Å². The van der Waals surface area contributed by atoms with Gasteiger partial charge in [0.15, 0.2) is 0 Å². The summed E-state index contributed by atoms with van der Waals surface area (Å²) < 4.78 is 0. The molecule has 0 aliphatic heterocycles. The van der Waals surface area contributed by atoms with E-state index in [4.69, 9.17) is 0 Å². The number of hydrogen-bond acceptors (Lipinski definition) is 2. The normalized spacial score (nSPS) is 11.7. The van der Waals surface area contributed by atoms with E-state index in [0.29, 0.717) is 6.54 Å². The van der Waals surface area contributed by atoms with E-state index in [1.807, 2.05) is 0 Å². The summed E-state index contributed by atoms with van der Waals surface area (Å²) in [6, 6.07) is 14.8. The van der Waals surface area contributed by atoms with Gasteiger partial charge in [-0.3, -0.25) is 0 Å². The number of carbonyl (C=O) groups is 1. The fourth-order valence-corrected chi connectivity index (χ4v) is 2.35. The van der Waals surface area contributed by atoms with Crippen molar-refractivity contribution >= 4 is 17.1 Å². The quantitative estimate of drug-likeness (QED) is 0.644. The first kappa shape index (κ1) is 12.8. The van der Waals surface area contributed by atoms with Crippen LogP contribution < -0.4 is 5.32 Å². The van der Waals surface area contributed by atoms with Gasteiger partial charge in [-0.2, -0.15) is 0 Å². The maximum absolute atomic E-state index is 10.4. The number of nitrogens with one attached hydrogen (secondary N) is 1. The van der Waals surface area contributed by atoms with Crippen LogP contribution in [0.15, 0.2) is 42.5 Å². The van der Waals surface area contributed by atoms with Crippen LogP contribution >= 0.6 is 0 Å². The highest BCUT2D eigenvalue weighted by molar-refractivity contribution is 5.86. The molecule has 1 N–H and O–H groups in total. The van der Waals surface area contributed by atoms with Gasteiger partial charge in [-0.1, -0.05) is 56.3 Å². The van der Waals surface area contributed by atoms with Gasteiger partial charge in [-0.25, -0.2) is 0 Å². The first-order valence-corrected chi connectivity index (χ1v) is 6.28. The lowest BCUT2D eigenvalue weighted by Crippen LogP contribution is -2.34. The average Bonchev–Trinajstić information content (AvgIpc) is 2.38. The molecule has 0 aliphatic carbocycles. The molecule has 0 aliphatic rings. The van der Waals surface area contributed by atoms with Gasteiger partial charge in [0.25, 0.3) is 0 Å². The summed E-state index contributed by atoms with van der Waals surface area (Å²) in [7, 11) is 0. The average molecular weight is 241 g/mol. The second-order valence-electron chi connectivity index (χ2n) is 5.21. The highest BCUT2D eigenvalue weighted by Gasteiger charge is 2.21. The molecule has 0 bridgehead atoms. The zero-order valence-corrected chi connectivity index (χ0v) is 10.9. The van der Waals surface area contributed by atoms with E-state index in [2.05, 4.69) is 61.6 Å². The van der Waals surface area contributed by atoms with Crippen molar-refractivity contribution in [1.29, 1.82) is 0 Å². The molecule has 0 spiro atoms. The largest absolute Gasteiger partial charge is 0.309 e. The molecule has 94 valence electrons. The van der Waals surface area contributed by atoms with Crippen molar-refractivity contribution in [1.82, 2.24) is 5.32 Å². The second-order valence-corrected chi connectivity index (χ2v) is 5.21. The van der Waals surface area contributed by atoms with Crippen molar-refractivity contribution < 1.29 is 4.79 Å². The number of benzene rings is 2. The van der Waals surface area contributed by atoms with E-state index in [1.54, 1.807) is 0 Å². The number of fused-ring (bicyclic) bond motifs is 1. The van der Waals surface area contributed by atoms with Gasteiger partial charge in [0.1, 0.15) is 6.29 Å². The smallest absolute Gasteiger partial charge is 0.133 e. The van der Waals surface area contributed by atoms with Gasteiger partial charge in [0, 0.05) is 12.0 Å². The van der Waals surface area contributed by atoms with Crippen LogP contribution in [0.2, 0.25) is 0 Å². The molecular weight excluding hydrogens is 222 g/mol. The van der Waals surface area contributed by atoms with E-state index in [0.717, 1.165) is 12.8 Å². The third kappa shape index (κ3) is 2.59. The molecule has 2 aromatic carbocycles. The predicted molar refractivity (Wildman–Crippen MR) is 75.9 cm³/mol. The summed E-state index contributed by atoms with van der Waals surface area (Å²) in [6.45, 7) is 5.60. The molecule has 0 amide bonds. The van der Waals surface area contributed by atoms with Gasteiger partial charge >= 0.3 is 0 Å². The molecule has 2 rings (SSSR count). The fourth-order valence-electron chi connectivity index (χ4n) is 2.35. The van der Waals surface area contributed by atoms with Gasteiger partial charge in [-0.05, 0) is 16.3 Å². The van der Waals surface area contributed by atoms with Crippen LogP contribution in [0.25, 0.3) is 10.8 Å². The Morgan fingerprint density at radius 1 is 1.11 bits per heavy atom. The van der Waals surface area contributed by atoms with Crippen molar-refractivity contribution in [2.45, 2.75) is 19.3 Å². The van der Waals surface area contributed by atoms with Gasteiger partial charge in [-0.15, -0.1) is 0 Å². The molecule has 0 saturated carbocycles. The second kappa shape index (κ2) is 5.32. The Morgan fingerprint density at radius 2 is 1.83 bits per heavy atom. The van der Waals surface area contributed by atoms with Gasteiger partial charge < -0.3 is 10.1 Å². The van der Waals surface area contributed by atoms with Crippen molar-refractivity contribution in [3.63, 3.8) is 0 Å². The Morgan fingerprint density at radius 3 is 2.61 bits per heavy atom. The van der Waals surface area contributed by atoms with Crippen molar-refractivity contribution in [2.75, 3.05) is 13.1 Å². The van der Waals surface area contributed by atoms with Crippen LogP contribution in [0, 0.1) is 0 Å². The first-order chi connectivity index (χ1) is 8.65. The summed E-state index contributed by atoms with van der Waals surface area (Å²) in [5, 5.41) is 5.72. The molecule has 0 heterocycles. The maximum Gasteiger partial charge on any atom is 0.133 e. The molecule has 0 unspecified atom stereocenters. The Hall–Kier alpha value is -1.67. The minimum absolute atomic E-state index is 0.00384. The summed E-state index contributed by atoms with van der Waals surface area (Å²) in [4.78, 5) is 10.4. The summed E-state index contributed by atoms with van der Waals surface area (Å²) in [5.41, 5.74) is 1.32. The lowest BCUT2D eigenvalue weighted by Gasteiger charge is -2.27. The van der Waals surface area contributed by atoms with Crippen LogP contribution in [-0.4, -0.2) is 19.4 Å². The number of aldehydes is 1. The lowest BCUT2D eigenvalue weighted by atomic mass is 9.81. The lowest BCUT2D eigenvalue weighted by molar-refractivity contribution is -0.107. The third-order valence-electron chi connectivity index (χ3n) is 3.31. The Labute approximate surface area is 108 Å². The Kier molecular flexibility index (Phi) is 3.78. The van der Waals surface area contributed by atoms with Crippen molar-refractivity contribution in [3.05, 3.63) is 48.0 Å². The van der Waals surface area contributed by atoms with Crippen LogP contribution in [-0.2, 0) is 10.2 Å². The van der Waals surface area contributed by atoms with E-state index in [1.165, 1.54) is 16.3 Å². The molecule has 0 fully saturated rings. The molecule has 0 atom stereocenters.